The average molecular weight is 416 g/mol. The van der Waals surface area contributed by atoms with Crippen LogP contribution in [-0.2, 0) is 19.4 Å². The Balaban J connectivity index is 1.52. The van der Waals surface area contributed by atoms with Crippen LogP contribution in [0.15, 0.2) is 24.3 Å². The largest absolute Gasteiger partial charge is 0.449 e. The molecule has 9 heteroatoms. The van der Waals surface area contributed by atoms with Crippen LogP contribution in [0.25, 0.3) is 0 Å². The number of esters is 1. The summed E-state index contributed by atoms with van der Waals surface area (Å²) in [4.78, 5) is 24.3. The first kappa shape index (κ1) is 19.6. The Kier molecular flexibility index (Phi) is 6.19. The van der Waals surface area contributed by atoms with Gasteiger partial charge in [-0.1, -0.05) is 12.1 Å². The van der Waals surface area contributed by atoms with E-state index in [0.29, 0.717) is 16.6 Å². The minimum Gasteiger partial charge on any atom is -0.449 e. The molecule has 6 nitrogen and oxygen atoms in total. The van der Waals surface area contributed by atoms with Gasteiger partial charge in [-0.3, -0.25) is 4.79 Å². The van der Waals surface area contributed by atoms with Crippen molar-refractivity contribution < 1.29 is 22.7 Å². The molecule has 0 saturated carbocycles. The molecule has 1 amide bonds. The molecule has 2 aliphatic rings. The second-order valence-electron chi connectivity index (χ2n) is 6.35. The number of sulfone groups is 1. The van der Waals surface area contributed by atoms with Crippen molar-refractivity contribution in [3.8, 4) is 0 Å². The van der Waals surface area contributed by atoms with Crippen LogP contribution >= 0.6 is 23.5 Å². The lowest BCUT2D eigenvalue weighted by atomic mass is 10.1. The zero-order valence-corrected chi connectivity index (χ0v) is 16.8. The van der Waals surface area contributed by atoms with E-state index >= 15 is 0 Å². The highest BCUT2D eigenvalue weighted by atomic mass is 32.2. The lowest BCUT2D eigenvalue weighted by Crippen LogP contribution is -2.42. The molecule has 0 aromatic heterocycles. The van der Waals surface area contributed by atoms with E-state index in [2.05, 4.69) is 5.32 Å². The molecular formula is C17H21NO5S3. The van der Waals surface area contributed by atoms with Crippen LogP contribution in [-0.4, -0.2) is 55.5 Å². The van der Waals surface area contributed by atoms with Gasteiger partial charge in [0.05, 0.1) is 21.7 Å². The predicted molar refractivity (Wildman–Crippen MR) is 104 cm³/mol. The normalized spacial score (nSPS) is 23.5. The number of benzene rings is 1. The van der Waals surface area contributed by atoms with Crippen LogP contribution in [0.3, 0.4) is 0 Å². The van der Waals surface area contributed by atoms with Gasteiger partial charge in [0.2, 0.25) is 0 Å². The van der Waals surface area contributed by atoms with Crippen LogP contribution in [0.4, 0.5) is 0 Å². The van der Waals surface area contributed by atoms with E-state index in [4.69, 9.17) is 4.74 Å². The second kappa shape index (κ2) is 8.22. The second-order valence-corrected chi connectivity index (χ2v) is 11.3. The Morgan fingerprint density at radius 2 is 1.85 bits per heavy atom. The average Bonchev–Trinajstić information content (AvgIpc) is 3.24. The quantitative estimate of drug-likeness (QED) is 0.736. The molecule has 1 aromatic carbocycles. The number of thioether (sulfide) groups is 2. The van der Waals surface area contributed by atoms with Crippen molar-refractivity contribution in [1.82, 2.24) is 5.32 Å². The van der Waals surface area contributed by atoms with E-state index < -0.39 is 33.9 Å². The van der Waals surface area contributed by atoms with Gasteiger partial charge in [0, 0.05) is 17.5 Å². The molecule has 0 bridgehead atoms. The fraction of sp³-hybridized carbons (Fsp3) is 0.529. The first-order chi connectivity index (χ1) is 12.3. The number of hydrogen-bond acceptors (Lipinski definition) is 7. The third kappa shape index (κ3) is 4.95. The first-order valence-corrected chi connectivity index (χ1v) is 12.3. The van der Waals surface area contributed by atoms with Crippen molar-refractivity contribution in [2.24, 2.45) is 0 Å². The van der Waals surface area contributed by atoms with E-state index in [1.807, 2.05) is 35.7 Å². The molecule has 2 fully saturated rings. The van der Waals surface area contributed by atoms with Gasteiger partial charge in [-0.05, 0) is 31.0 Å². The fourth-order valence-electron chi connectivity index (χ4n) is 2.84. The fourth-order valence-corrected chi connectivity index (χ4v) is 7.37. The topological polar surface area (TPSA) is 89.5 Å². The van der Waals surface area contributed by atoms with E-state index in [1.165, 1.54) is 12.5 Å². The van der Waals surface area contributed by atoms with Crippen LogP contribution in [0.1, 0.15) is 33.8 Å². The predicted octanol–water partition coefficient (Wildman–Crippen LogP) is 2.01. The van der Waals surface area contributed by atoms with Gasteiger partial charge < -0.3 is 10.1 Å². The maximum Gasteiger partial charge on any atom is 0.338 e. The van der Waals surface area contributed by atoms with Gasteiger partial charge in [0.1, 0.15) is 0 Å². The van der Waals surface area contributed by atoms with Gasteiger partial charge in [0.25, 0.3) is 5.91 Å². The summed E-state index contributed by atoms with van der Waals surface area (Å²) in [7, 11) is -3.07. The summed E-state index contributed by atoms with van der Waals surface area (Å²) in [6, 6.07) is 6.85. The number of ether oxygens (including phenoxy) is 1. The standard InChI is InChI=1S/C17H21NO5S3/c1-11(15(19)18-14-6-9-26(21,22)10-14)23-16(20)12-2-4-13(5-3-12)17-24-7-8-25-17/h2-5,11,14,17H,6-10H2,1H3,(H,18,19)/t11-,14-/m0/s1. The number of rotatable bonds is 5. The van der Waals surface area contributed by atoms with Crippen LogP contribution in [0.5, 0.6) is 0 Å². The lowest BCUT2D eigenvalue weighted by Gasteiger charge is -2.16. The van der Waals surface area contributed by atoms with Gasteiger partial charge in [0.15, 0.2) is 15.9 Å². The zero-order chi connectivity index (χ0) is 18.7. The van der Waals surface area contributed by atoms with Gasteiger partial charge in [-0.25, -0.2) is 13.2 Å². The van der Waals surface area contributed by atoms with Crippen molar-refractivity contribution in [3.63, 3.8) is 0 Å². The number of carbonyl (C=O) groups excluding carboxylic acids is 2. The highest BCUT2D eigenvalue weighted by Gasteiger charge is 2.30. The minimum absolute atomic E-state index is 0.0575. The summed E-state index contributed by atoms with van der Waals surface area (Å²) in [6.45, 7) is 1.48. The summed E-state index contributed by atoms with van der Waals surface area (Å²) in [6.07, 6.45) is -0.584. The number of hydrogen-bond donors (Lipinski definition) is 1. The first-order valence-electron chi connectivity index (χ1n) is 8.39. The Hall–Kier alpha value is -1.19. The maximum absolute atomic E-state index is 12.2. The number of amides is 1. The van der Waals surface area contributed by atoms with Crippen molar-refractivity contribution in [1.29, 1.82) is 0 Å². The molecule has 0 unspecified atom stereocenters. The SMILES string of the molecule is C[C@H](OC(=O)c1ccc(C2SCCS2)cc1)C(=O)N[C@H]1CCS(=O)(=O)C1. The maximum atomic E-state index is 12.2. The summed E-state index contributed by atoms with van der Waals surface area (Å²) < 4.78 is 28.5. The molecule has 2 aliphatic heterocycles. The molecule has 0 aliphatic carbocycles. The van der Waals surface area contributed by atoms with Crippen molar-refractivity contribution in [2.45, 2.75) is 30.1 Å². The van der Waals surface area contributed by atoms with Crippen LogP contribution in [0.2, 0.25) is 0 Å². The smallest absolute Gasteiger partial charge is 0.338 e. The molecule has 2 atom stereocenters. The molecule has 0 spiro atoms. The molecule has 3 rings (SSSR count). The van der Waals surface area contributed by atoms with Crippen molar-refractivity contribution >= 4 is 45.2 Å². The summed E-state index contributed by atoms with van der Waals surface area (Å²) in [5, 5.41) is 2.64. The van der Waals surface area contributed by atoms with E-state index in [0.717, 1.165) is 11.5 Å². The molecule has 2 heterocycles. The summed E-state index contributed by atoms with van der Waals surface area (Å²) in [5.41, 5.74) is 1.56. The van der Waals surface area contributed by atoms with Gasteiger partial charge in [-0.15, -0.1) is 23.5 Å². The van der Waals surface area contributed by atoms with E-state index in [1.54, 1.807) is 12.1 Å². The highest BCUT2D eigenvalue weighted by molar-refractivity contribution is 8.19. The Labute approximate surface area is 161 Å². The third-order valence-corrected chi connectivity index (χ3v) is 9.14. The molecule has 1 aromatic rings. The molecule has 0 radical (unpaired) electrons. The summed E-state index contributed by atoms with van der Waals surface area (Å²) >= 11 is 3.78. The van der Waals surface area contributed by atoms with E-state index in [-0.39, 0.29) is 11.5 Å². The minimum atomic E-state index is -3.07. The summed E-state index contributed by atoms with van der Waals surface area (Å²) in [5.74, 6) is 1.25. The number of nitrogens with one attached hydrogen (secondary N) is 1. The van der Waals surface area contributed by atoms with Crippen molar-refractivity contribution in [3.05, 3.63) is 35.4 Å². The van der Waals surface area contributed by atoms with E-state index in [9.17, 15) is 18.0 Å². The zero-order valence-electron chi connectivity index (χ0n) is 14.3. The Bertz CT molecular complexity index is 772. The number of carbonyl (C=O) groups is 2. The van der Waals surface area contributed by atoms with Crippen LogP contribution < -0.4 is 5.32 Å². The Morgan fingerprint density at radius 1 is 1.19 bits per heavy atom. The molecule has 1 N–H and O–H groups in total. The molecular weight excluding hydrogens is 394 g/mol. The Morgan fingerprint density at radius 3 is 2.42 bits per heavy atom. The molecule has 26 heavy (non-hydrogen) atoms. The lowest BCUT2D eigenvalue weighted by molar-refractivity contribution is -0.129. The van der Waals surface area contributed by atoms with Crippen LogP contribution in [0, 0.1) is 0 Å². The molecule has 2 saturated heterocycles. The third-order valence-electron chi connectivity index (χ3n) is 4.27. The van der Waals surface area contributed by atoms with Crippen molar-refractivity contribution in [2.75, 3.05) is 23.0 Å². The monoisotopic (exact) mass is 415 g/mol. The van der Waals surface area contributed by atoms with Gasteiger partial charge in [-0.2, -0.15) is 0 Å². The van der Waals surface area contributed by atoms with Gasteiger partial charge >= 0.3 is 5.97 Å². The highest BCUT2D eigenvalue weighted by Crippen LogP contribution is 2.45. The molecule has 142 valence electrons.